The lowest BCUT2D eigenvalue weighted by Crippen LogP contribution is -2.08. The van der Waals surface area contributed by atoms with Crippen LogP contribution in [0.3, 0.4) is 0 Å². The van der Waals surface area contributed by atoms with Crippen LogP contribution in [0.5, 0.6) is 5.75 Å². The second-order valence-electron chi connectivity index (χ2n) is 5.04. The summed E-state index contributed by atoms with van der Waals surface area (Å²) in [7, 11) is 0. The molecule has 0 aliphatic carbocycles. The van der Waals surface area contributed by atoms with Crippen LogP contribution >= 0.6 is 0 Å². The van der Waals surface area contributed by atoms with Crippen molar-refractivity contribution in [1.82, 2.24) is 0 Å². The highest BCUT2D eigenvalue weighted by molar-refractivity contribution is 5.99. The van der Waals surface area contributed by atoms with Crippen LogP contribution in [-0.2, 0) is 6.42 Å². The third-order valence-electron chi connectivity index (χ3n) is 3.54. The van der Waals surface area contributed by atoms with Crippen molar-refractivity contribution >= 4 is 5.78 Å². The summed E-state index contributed by atoms with van der Waals surface area (Å²) < 4.78 is 5.56. The van der Waals surface area contributed by atoms with Gasteiger partial charge < -0.3 is 10.5 Å². The Morgan fingerprint density at radius 2 is 2.28 bits per heavy atom. The first-order valence-electron chi connectivity index (χ1n) is 6.70. The van der Waals surface area contributed by atoms with Crippen molar-refractivity contribution in [2.24, 2.45) is 11.7 Å². The van der Waals surface area contributed by atoms with E-state index in [1.807, 2.05) is 18.2 Å². The molecule has 0 radical (unpaired) electrons. The fraction of sp³-hybridized carbons (Fsp3) is 0.533. The maximum atomic E-state index is 12.2. The molecule has 0 saturated carbocycles. The molecule has 1 aliphatic rings. The van der Waals surface area contributed by atoms with Gasteiger partial charge in [0.25, 0.3) is 0 Å². The van der Waals surface area contributed by atoms with Crippen molar-refractivity contribution in [1.29, 1.82) is 0 Å². The van der Waals surface area contributed by atoms with Gasteiger partial charge in [-0.2, -0.15) is 0 Å². The van der Waals surface area contributed by atoms with E-state index >= 15 is 0 Å². The van der Waals surface area contributed by atoms with Crippen LogP contribution in [-0.4, -0.2) is 18.9 Å². The number of benzene rings is 1. The largest absolute Gasteiger partial charge is 0.492 e. The molecule has 0 saturated heterocycles. The second-order valence-corrected chi connectivity index (χ2v) is 5.04. The van der Waals surface area contributed by atoms with Crippen LogP contribution in [0.1, 0.15) is 42.1 Å². The Bertz CT molecular complexity index is 429. The van der Waals surface area contributed by atoms with Crippen molar-refractivity contribution in [3.05, 3.63) is 29.3 Å². The van der Waals surface area contributed by atoms with E-state index in [0.29, 0.717) is 25.5 Å². The van der Waals surface area contributed by atoms with E-state index in [1.54, 1.807) is 0 Å². The van der Waals surface area contributed by atoms with Gasteiger partial charge in [-0.05, 0) is 36.9 Å². The predicted octanol–water partition coefficient (Wildman–Crippen LogP) is 2.57. The number of carbonyl (C=O) groups excluding carboxylic acids is 1. The van der Waals surface area contributed by atoms with Crippen molar-refractivity contribution < 1.29 is 9.53 Å². The summed E-state index contributed by atoms with van der Waals surface area (Å²) in [6.45, 7) is 3.54. The number of ketones is 1. The van der Waals surface area contributed by atoms with E-state index in [2.05, 4.69) is 6.92 Å². The Hall–Kier alpha value is -1.35. The van der Waals surface area contributed by atoms with E-state index in [0.717, 1.165) is 36.1 Å². The van der Waals surface area contributed by atoms with Gasteiger partial charge in [-0.1, -0.05) is 19.1 Å². The lowest BCUT2D eigenvalue weighted by atomic mass is 9.96. The zero-order chi connectivity index (χ0) is 13.0. The molecule has 0 fully saturated rings. The SMILES string of the molecule is CC(CCN)CCC(=O)c1cccc2c1OCC2. The van der Waals surface area contributed by atoms with Gasteiger partial charge in [0.15, 0.2) is 5.78 Å². The number of nitrogens with two attached hydrogens (primary N) is 1. The summed E-state index contributed by atoms with van der Waals surface area (Å²) in [6.07, 6.45) is 3.39. The Balaban J connectivity index is 1.99. The molecule has 18 heavy (non-hydrogen) atoms. The van der Waals surface area contributed by atoms with Gasteiger partial charge in [-0.25, -0.2) is 0 Å². The number of ether oxygens (including phenoxy) is 1. The minimum atomic E-state index is 0.192. The second kappa shape index (κ2) is 6.01. The topological polar surface area (TPSA) is 52.3 Å². The van der Waals surface area contributed by atoms with Gasteiger partial charge >= 0.3 is 0 Å². The molecule has 1 aliphatic heterocycles. The fourth-order valence-electron chi connectivity index (χ4n) is 2.38. The quantitative estimate of drug-likeness (QED) is 0.786. The third-order valence-corrected chi connectivity index (χ3v) is 3.54. The Morgan fingerprint density at radius 3 is 3.06 bits per heavy atom. The molecule has 0 bridgehead atoms. The number of carbonyl (C=O) groups is 1. The first kappa shape index (κ1) is 13.1. The molecular weight excluding hydrogens is 226 g/mol. The number of para-hydroxylation sites is 1. The maximum Gasteiger partial charge on any atom is 0.166 e. The Labute approximate surface area is 108 Å². The van der Waals surface area contributed by atoms with Crippen LogP contribution in [0.15, 0.2) is 18.2 Å². The van der Waals surface area contributed by atoms with Gasteiger partial charge in [0, 0.05) is 12.8 Å². The molecule has 1 aromatic rings. The summed E-state index contributed by atoms with van der Waals surface area (Å²) in [6, 6.07) is 5.86. The van der Waals surface area contributed by atoms with E-state index < -0.39 is 0 Å². The first-order valence-corrected chi connectivity index (χ1v) is 6.70. The highest BCUT2D eigenvalue weighted by Crippen LogP contribution is 2.30. The number of rotatable bonds is 6. The van der Waals surface area contributed by atoms with Gasteiger partial charge in [-0.15, -0.1) is 0 Å². The van der Waals surface area contributed by atoms with Crippen LogP contribution in [0.25, 0.3) is 0 Å². The van der Waals surface area contributed by atoms with E-state index in [-0.39, 0.29) is 5.78 Å². The maximum absolute atomic E-state index is 12.2. The molecule has 0 spiro atoms. The van der Waals surface area contributed by atoms with Crippen LogP contribution in [0, 0.1) is 5.92 Å². The van der Waals surface area contributed by atoms with Crippen LogP contribution in [0.2, 0.25) is 0 Å². The molecule has 2 N–H and O–H groups in total. The molecule has 1 unspecified atom stereocenters. The van der Waals surface area contributed by atoms with Crippen molar-refractivity contribution in [2.75, 3.05) is 13.2 Å². The van der Waals surface area contributed by atoms with Gasteiger partial charge in [0.05, 0.1) is 12.2 Å². The standard InChI is InChI=1S/C15H21NO2/c1-11(7-9-16)5-6-14(17)13-4-2-3-12-8-10-18-15(12)13/h2-4,11H,5-10,16H2,1H3. The zero-order valence-electron chi connectivity index (χ0n) is 10.9. The summed E-state index contributed by atoms with van der Waals surface area (Å²) in [5.41, 5.74) is 7.43. The monoisotopic (exact) mass is 247 g/mol. The van der Waals surface area contributed by atoms with Gasteiger partial charge in [0.1, 0.15) is 5.75 Å². The molecule has 1 heterocycles. The Kier molecular flexibility index (Phi) is 4.37. The molecule has 3 nitrogen and oxygen atoms in total. The normalized spacial score (nSPS) is 15.0. The molecule has 1 aromatic carbocycles. The van der Waals surface area contributed by atoms with Gasteiger partial charge in [-0.3, -0.25) is 4.79 Å². The molecule has 0 amide bonds. The Morgan fingerprint density at radius 1 is 1.44 bits per heavy atom. The summed E-state index contributed by atoms with van der Waals surface area (Å²) in [5.74, 6) is 1.52. The molecule has 1 atom stereocenters. The van der Waals surface area contributed by atoms with Gasteiger partial charge in [0.2, 0.25) is 0 Å². The predicted molar refractivity (Wildman–Crippen MR) is 72.0 cm³/mol. The molecule has 3 heteroatoms. The minimum Gasteiger partial charge on any atom is -0.492 e. The molecule has 98 valence electrons. The number of Topliss-reactive ketones (excluding diaryl/α,β-unsaturated/α-hetero) is 1. The number of hydrogen-bond donors (Lipinski definition) is 1. The first-order chi connectivity index (χ1) is 8.72. The molecule has 2 rings (SSSR count). The summed E-state index contributed by atoms with van der Waals surface area (Å²) in [5, 5.41) is 0. The lowest BCUT2D eigenvalue weighted by Gasteiger charge is -2.10. The van der Waals surface area contributed by atoms with Crippen LogP contribution in [0.4, 0.5) is 0 Å². The highest BCUT2D eigenvalue weighted by atomic mass is 16.5. The number of fused-ring (bicyclic) bond motifs is 1. The van der Waals surface area contributed by atoms with Crippen molar-refractivity contribution in [3.63, 3.8) is 0 Å². The molecular formula is C15H21NO2. The lowest BCUT2D eigenvalue weighted by molar-refractivity contribution is 0.0971. The number of hydrogen-bond acceptors (Lipinski definition) is 3. The van der Waals surface area contributed by atoms with E-state index in [1.165, 1.54) is 0 Å². The smallest absolute Gasteiger partial charge is 0.166 e. The average Bonchev–Trinajstić information content (AvgIpc) is 2.84. The summed E-state index contributed by atoms with van der Waals surface area (Å²) >= 11 is 0. The molecule has 0 aromatic heterocycles. The van der Waals surface area contributed by atoms with Crippen molar-refractivity contribution in [2.45, 2.75) is 32.6 Å². The van der Waals surface area contributed by atoms with E-state index in [4.69, 9.17) is 10.5 Å². The third kappa shape index (κ3) is 2.91. The minimum absolute atomic E-state index is 0.192. The average molecular weight is 247 g/mol. The van der Waals surface area contributed by atoms with E-state index in [9.17, 15) is 4.79 Å². The fourth-order valence-corrected chi connectivity index (χ4v) is 2.38. The summed E-state index contributed by atoms with van der Waals surface area (Å²) in [4.78, 5) is 12.2. The van der Waals surface area contributed by atoms with Crippen LogP contribution < -0.4 is 10.5 Å². The zero-order valence-corrected chi connectivity index (χ0v) is 10.9. The highest BCUT2D eigenvalue weighted by Gasteiger charge is 2.20. The van der Waals surface area contributed by atoms with Crippen molar-refractivity contribution in [3.8, 4) is 5.75 Å².